The monoisotopic (exact) mass is 338 g/mol. The number of esters is 1. The molecule has 0 aliphatic rings. The molecule has 108 valence electrons. The second kappa shape index (κ2) is 8.59. The van der Waals surface area contributed by atoms with Gasteiger partial charge in [0, 0.05) is 10.9 Å². The molecule has 0 radical (unpaired) electrons. The molecule has 0 unspecified atom stereocenters. The Kier molecular flexibility index (Phi) is 7.09. The average molecular weight is 339 g/mol. The van der Waals surface area contributed by atoms with Crippen LogP contribution in [0.4, 0.5) is 0 Å². The smallest absolute Gasteiger partial charge is 0.338 e. The molecular weight excluding hydrogens is 320 g/mol. The van der Waals surface area contributed by atoms with E-state index in [-0.39, 0.29) is 5.97 Å². The molecule has 0 saturated heterocycles. The van der Waals surface area contributed by atoms with E-state index < -0.39 is 0 Å². The SMILES string of the molecule is C=CCOc1ccc(CC=CCBr)c(C(=O)OC)c1C. The summed E-state index contributed by atoms with van der Waals surface area (Å²) in [6.07, 6.45) is 6.36. The summed E-state index contributed by atoms with van der Waals surface area (Å²) in [6, 6.07) is 3.78. The van der Waals surface area contributed by atoms with Crippen molar-refractivity contribution < 1.29 is 14.3 Å². The molecule has 0 bridgehead atoms. The van der Waals surface area contributed by atoms with E-state index in [9.17, 15) is 4.79 Å². The van der Waals surface area contributed by atoms with E-state index in [1.807, 2.05) is 31.2 Å². The first-order valence-corrected chi connectivity index (χ1v) is 7.43. The quantitative estimate of drug-likeness (QED) is 0.430. The number of benzene rings is 1. The van der Waals surface area contributed by atoms with Gasteiger partial charge < -0.3 is 9.47 Å². The molecular formula is C16H19BrO3. The van der Waals surface area contributed by atoms with Crippen LogP contribution in [0.15, 0.2) is 36.9 Å². The predicted molar refractivity (Wildman–Crippen MR) is 84.8 cm³/mol. The highest BCUT2D eigenvalue weighted by molar-refractivity contribution is 9.09. The zero-order valence-electron chi connectivity index (χ0n) is 11.8. The maximum absolute atomic E-state index is 12.0. The number of carbonyl (C=O) groups excluding carboxylic acids is 1. The Balaban J connectivity index is 3.17. The third-order valence-electron chi connectivity index (χ3n) is 2.84. The highest BCUT2D eigenvalue weighted by atomic mass is 79.9. The van der Waals surface area contributed by atoms with Crippen molar-refractivity contribution in [1.82, 2.24) is 0 Å². The average Bonchev–Trinajstić information content (AvgIpc) is 2.46. The second-order valence-electron chi connectivity index (χ2n) is 4.14. The van der Waals surface area contributed by atoms with Gasteiger partial charge in [-0.05, 0) is 25.0 Å². The Morgan fingerprint density at radius 3 is 2.75 bits per heavy atom. The van der Waals surface area contributed by atoms with Crippen LogP contribution >= 0.6 is 15.9 Å². The Morgan fingerprint density at radius 2 is 2.15 bits per heavy atom. The fourth-order valence-corrected chi connectivity index (χ4v) is 2.15. The molecule has 0 atom stereocenters. The standard InChI is InChI=1S/C16H19BrO3/c1-4-11-20-14-9-8-13(7-5-6-10-17)15(12(14)2)16(18)19-3/h4-6,8-9H,1,7,10-11H2,2-3H3. The van der Waals surface area contributed by atoms with Gasteiger partial charge in [0.15, 0.2) is 0 Å². The molecule has 4 heteroatoms. The van der Waals surface area contributed by atoms with Crippen LogP contribution < -0.4 is 4.74 Å². The molecule has 0 saturated carbocycles. The third kappa shape index (κ3) is 4.23. The molecule has 1 aromatic rings. The minimum Gasteiger partial charge on any atom is -0.489 e. The first kappa shape index (κ1) is 16.5. The predicted octanol–water partition coefficient (Wildman–Crippen LogP) is 3.84. The van der Waals surface area contributed by atoms with E-state index in [2.05, 4.69) is 22.5 Å². The van der Waals surface area contributed by atoms with E-state index in [1.165, 1.54) is 7.11 Å². The van der Waals surface area contributed by atoms with E-state index in [1.54, 1.807) is 6.08 Å². The molecule has 0 aliphatic heterocycles. The molecule has 0 aliphatic carbocycles. The molecule has 1 rings (SSSR count). The van der Waals surface area contributed by atoms with Gasteiger partial charge in [0.1, 0.15) is 12.4 Å². The molecule has 0 fully saturated rings. The minimum atomic E-state index is -0.339. The topological polar surface area (TPSA) is 35.5 Å². The lowest BCUT2D eigenvalue weighted by Crippen LogP contribution is -2.10. The zero-order valence-corrected chi connectivity index (χ0v) is 13.4. The van der Waals surface area contributed by atoms with Crippen LogP contribution in [0.2, 0.25) is 0 Å². The van der Waals surface area contributed by atoms with Crippen molar-refractivity contribution in [2.45, 2.75) is 13.3 Å². The Labute approximate surface area is 128 Å². The third-order valence-corrected chi connectivity index (χ3v) is 3.22. The number of ether oxygens (including phenoxy) is 2. The zero-order chi connectivity index (χ0) is 15.0. The van der Waals surface area contributed by atoms with Crippen molar-refractivity contribution >= 4 is 21.9 Å². The number of alkyl halides is 1. The first-order valence-electron chi connectivity index (χ1n) is 6.31. The first-order chi connectivity index (χ1) is 9.65. The molecule has 1 aromatic carbocycles. The van der Waals surface area contributed by atoms with Crippen LogP contribution in [0.5, 0.6) is 5.75 Å². The summed E-state index contributed by atoms with van der Waals surface area (Å²) in [5.41, 5.74) is 2.30. The molecule has 0 amide bonds. The van der Waals surface area contributed by atoms with Gasteiger partial charge >= 0.3 is 5.97 Å². The molecule has 0 N–H and O–H groups in total. The fourth-order valence-electron chi connectivity index (χ4n) is 1.88. The summed E-state index contributed by atoms with van der Waals surface area (Å²) in [7, 11) is 1.39. The number of carbonyl (C=O) groups is 1. The van der Waals surface area contributed by atoms with Gasteiger partial charge in [0.2, 0.25) is 0 Å². The molecule has 20 heavy (non-hydrogen) atoms. The highest BCUT2D eigenvalue weighted by Crippen LogP contribution is 2.26. The van der Waals surface area contributed by atoms with E-state index in [4.69, 9.17) is 9.47 Å². The number of methoxy groups -OCH3 is 1. The number of hydrogen-bond acceptors (Lipinski definition) is 3. The lowest BCUT2D eigenvalue weighted by Gasteiger charge is -2.14. The minimum absolute atomic E-state index is 0.339. The summed E-state index contributed by atoms with van der Waals surface area (Å²) in [6.45, 7) is 5.89. The molecule has 0 heterocycles. The largest absolute Gasteiger partial charge is 0.489 e. The highest BCUT2D eigenvalue weighted by Gasteiger charge is 2.17. The maximum atomic E-state index is 12.0. The van der Waals surface area contributed by atoms with Crippen LogP contribution in [0.3, 0.4) is 0 Å². The van der Waals surface area contributed by atoms with E-state index in [0.29, 0.717) is 24.3 Å². The Morgan fingerprint density at radius 1 is 1.40 bits per heavy atom. The van der Waals surface area contributed by atoms with Crippen molar-refractivity contribution in [3.63, 3.8) is 0 Å². The molecule has 3 nitrogen and oxygen atoms in total. The Bertz CT molecular complexity index is 507. The van der Waals surface area contributed by atoms with E-state index in [0.717, 1.165) is 16.5 Å². The van der Waals surface area contributed by atoms with Crippen molar-refractivity contribution in [3.8, 4) is 5.75 Å². The van der Waals surface area contributed by atoms with Crippen molar-refractivity contribution in [1.29, 1.82) is 0 Å². The van der Waals surface area contributed by atoms with Gasteiger partial charge in [-0.2, -0.15) is 0 Å². The van der Waals surface area contributed by atoms with Crippen LogP contribution in [0.25, 0.3) is 0 Å². The number of rotatable bonds is 7. The number of hydrogen-bond donors (Lipinski definition) is 0. The Hall–Kier alpha value is -1.55. The maximum Gasteiger partial charge on any atom is 0.338 e. The lowest BCUT2D eigenvalue weighted by atomic mass is 9.98. The van der Waals surface area contributed by atoms with Gasteiger partial charge in [-0.25, -0.2) is 4.79 Å². The van der Waals surface area contributed by atoms with Crippen LogP contribution in [0.1, 0.15) is 21.5 Å². The van der Waals surface area contributed by atoms with Crippen molar-refractivity contribution in [2.75, 3.05) is 19.0 Å². The normalized spacial score (nSPS) is 10.6. The van der Waals surface area contributed by atoms with Gasteiger partial charge in [-0.3, -0.25) is 0 Å². The van der Waals surface area contributed by atoms with Crippen LogP contribution in [-0.2, 0) is 11.2 Å². The number of allylic oxidation sites excluding steroid dienone is 2. The molecule has 0 aromatic heterocycles. The summed E-state index contributed by atoms with van der Waals surface area (Å²) in [5, 5.41) is 0.792. The summed E-state index contributed by atoms with van der Waals surface area (Å²) >= 11 is 3.33. The summed E-state index contributed by atoms with van der Waals surface area (Å²) < 4.78 is 10.4. The van der Waals surface area contributed by atoms with Gasteiger partial charge in [-0.1, -0.05) is 46.8 Å². The van der Waals surface area contributed by atoms with Gasteiger partial charge in [0.25, 0.3) is 0 Å². The van der Waals surface area contributed by atoms with Gasteiger partial charge in [-0.15, -0.1) is 0 Å². The molecule has 0 spiro atoms. The van der Waals surface area contributed by atoms with Crippen molar-refractivity contribution in [3.05, 3.63) is 53.6 Å². The summed E-state index contributed by atoms with van der Waals surface area (Å²) in [4.78, 5) is 12.0. The number of halogens is 1. The summed E-state index contributed by atoms with van der Waals surface area (Å²) in [5.74, 6) is 0.340. The van der Waals surface area contributed by atoms with E-state index >= 15 is 0 Å². The van der Waals surface area contributed by atoms with Crippen LogP contribution in [0, 0.1) is 6.92 Å². The van der Waals surface area contributed by atoms with Crippen LogP contribution in [-0.4, -0.2) is 25.0 Å². The lowest BCUT2D eigenvalue weighted by molar-refractivity contribution is 0.0598. The van der Waals surface area contributed by atoms with Gasteiger partial charge in [0.05, 0.1) is 12.7 Å². The fraction of sp³-hybridized carbons (Fsp3) is 0.312. The second-order valence-corrected chi connectivity index (χ2v) is 4.79. The van der Waals surface area contributed by atoms with Crippen molar-refractivity contribution in [2.24, 2.45) is 0 Å².